The first-order valence-electron chi connectivity index (χ1n) is 6.11. The number of anilines is 1. The molecule has 1 aromatic heterocycles. The van der Waals surface area contributed by atoms with E-state index in [9.17, 15) is 9.18 Å². The second kappa shape index (κ2) is 5.65. The summed E-state index contributed by atoms with van der Waals surface area (Å²) in [5, 5.41) is 3.14. The van der Waals surface area contributed by atoms with Gasteiger partial charge in [-0.2, -0.15) is 0 Å². The first-order valence-corrected chi connectivity index (χ1v) is 6.11. The predicted molar refractivity (Wildman–Crippen MR) is 72.9 cm³/mol. The van der Waals surface area contributed by atoms with E-state index in [1.54, 1.807) is 23.6 Å². The summed E-state index contributed by atoms with van der Waals surface area (Å²) in [5.74, 6) is 0.436. The Morgan fingerprint density at radius 1 is 1.26 bits per heavy atom. The number of hydrogen-bond donors (Lipinski definition) is 1. The van der Waals surface area contributed by atoms with Gasteiger partial charge in [0.05, 0.1) is 0 Å². The van der Waals surface area contributed by atoms with Gasteiger partial charge >= 0.3 is 0 Å². The normalized spacial score (nSPS) is 10.5. The Hall–Kier alpha value is -2.17. The van der Waals surface area contributed by atoms with Crippen molar-refractivity contribution in [1.82, 2.24) is 9.55 Å². The van der Waals surface area contributed by atoms with E-state index in [1.165, 1.54) is 18.2 Å². The van der Waals surface area contributed by atoms with Crippen LogP contribution in [0.3, 0.4) is 0 Å². The molecule has 0 amide bonds. The number of hydrogen-bond acceptors (Lipinski definition) is 3. The molecular formula is C14H16FN3O. The average molecular weight is 261 g/mol. The summed E-state index contributed by atoms with van der Waals surface area (Å²) in [6.45, 7) is 4.72. The third-order valence-electron chi connectivity index (χ3n) is 2.84. The highest BCUT2D eigenvalue weighted by Crippen LogP contribution is 2.07. The predicted octanol–water partition coefficient (Wildman–Crippen LogP) is 2.11. The fourth-order valence-electron chi connectivity index (χ4n) is 1.92. The summed E-state index contributed by atoms with van der Waals surface area (Å²) >= 11 is 0. The van der Waals surface area contributed by atoms with Crippen LogP contribution in [0, 0.1) is 19.7 Å². The average Bonchev–Trinajstić information content (AvgIpc) is 2.34. The number of halogens is 1. The van der Waals surface area contributed by atoms with Crippen molar-refractivity contribution in [1.29, 1.82) is 0 Å². The molecule has 100 valence electrons. The zero-order valence-corrected chi connectivity index (χ0v) is 11.0. The van der Waals surface area contributed by atoms with Gasteiger partial charge in [0.1, 0.15) is 11.6 Å². The zero-order chi connectivity index (χ0) is 13.8. The lowest BCUT2D eigenvalue weighted by Gasteiger charge is -2.11. The fourth-order valence-corrected chi connectivity index (χ4v) is 1.92. The van der Waals surface area contributed by atoms with E-state index >= 15 is 0 Å². The minimum absolute atomic E-state index is 0.0501. The van der Waals surface area contributed by atoms with E-state index < -0.39 is 0 Å². The summed E-state index contributed by atoms with van der Waals surface area (Å²) in [7, 11) is 0. The lowest BCUT2D eigenvalue weighted by Crippen LogP contribution is -2.26. The molecule has 0 saturated carbocycles. The molecular weight excluding hydrogens is 245 g/mol. The van der Waals surface area contributed by atoms with Crippen molar-refractivity contribution in [2.75, 3.05) is 11.9 Å². The Kier molecular flexibility index (Phi) is 3.94. The van der Waals surface area contributed by atoms with Crippen LogP contribution in [0.15, 0.2) is 35.1 Å². The summed E-state index contributed by atoms with van der Waals surface area (Å²) in [6.07, 6.45) is 0. The standard InChI is InChI=1S/C14H16FN3O/c1-10-9-14(19)18(11(2)17-10)8-7-16-13-5-3-12(15)4-6-13/h3-6,9,16H,7-8H2,1-2H3. The summed E-state index contributed by atoms with van der Waals surface area (Å²) < 4.78 is 14.4. The Morgan fingerprint density at radius 3 is 2.58 bits per heavy atom. The van der Waals surface area contributed by atoms with E-state index in [0.717, 1.165) is 11.4 Å². The number of nitrogens with zero attached hydrogens (tertiary/aromatic N) is 2. The molecule has 0 unspecified atom stereocenters. The molecule has 19 heavy (non-hydrogen) atoms. The molecule has 0 aliphatic rings. The van der Waals surface area contributed by atoms with Gasteiger partial charge in [-0.1, -0.05) is 0 Å². The molecule has 1 aromatic carbocycles. The van der Waals surface area contributed by atoms with Crippen LogP contribution in [-0.4, -0.2) is 16.1 Å². The van der Waals surface area contributed by atoms with Gasteiger partial charge in [0.15, 0.2) is 0 Å². The second-order valence-electron chi connectivity index (χ2n) is 4.37. The van der Waals surface area contributed by atoms with Crippen LogP contribution in [-0.2, 0) is 6.54 Å². The number of aryl methyl sites for hydroxylation is 2. The zero-order valence-electron chi connectivity index (χ0n) is 11.0. The Labute approximate surface area is 110 Å². The molecule has 4 nitrogen and oxygen atoms in total. The second-order valence-corrected chi connectivity index (χ2v) is 4.37. The first-order chi connectivity index (χ1) is 9.06. The molecule has 2 rings (SSSR count). The molecule has 0 spiro atoms. The molecule has 1 N–H and O–H groups in total. The van der Waals surface area contributed by atoms with Crippen molar-refractivity contribution in [3.8, 4) is 0 Å². The molecule has 0 aliphatic heterocycles. The molecule has 5 heteroatoms. The van der Waals surface area contributed by atoms with Crippen molar-refractivity contribution in [2.45, 2.75) is 20.4 Å². The molecule has 1 heterocycles. The lowest BCUT2D eigenvalue weighted by molar-refractivity contribution is 0.627. The third kappa shape index (κ3) is 3.40. The van der Waals surface area contributed by atoms with Crippen LogP contribution < -0.4 is 10.9 Å². The molecule has 0 fully saturated rings. The minimum atomic E-state index is -0.264. The Balaban J connectivity index is 2.00. The lowest BCUT2D eigenvalue weighted by atomic mass is 10.3. The van der Waals surface area contributed by atoms with Gasteiger partial charge in [-0.05, 0) is 38.1 Å². The Morgan fingerprint density at radius 2 is 1.95 bits per heavy atom. The van der Waals surface area contributed by atoms with E-state index in [2.05, 4.69) is 10.3 Å². The van der Waals surface area contributed by atoms with Crippen LogP contribution >= 0.6 is 0 Å². The monoisotopic (exact) mass is 261 g/mol. The minimum Gasteiger partial charge on any atom is -0.383 e. The Bertz CT molecular complexity index is 620. The maximum atomic E-state index is 12.7. The molecule has 0 atom stereocenters. The van der Waals surface area contributed by atoms with Gasteiger partial charge in [0, 0.05) is 30.5 Å². The van der Waals surface area contributed by atoms with E-state index in [-0.39, 0.29) is 11.4 Å². The van der Waals surface area contributed by atoms with Crippen LogP contribution in [0.2, 0.25) is 0 Å². The SMILES string of the molecule is Cc1cc(=O)n(CCNc2ccc(F)cc2)c(C)n1. The number of rotatable bonds is 4. The van der Waals surface area contributed by atoms with Gasteiger partial charge in [0.2, 0.25) is 0 Å². The number of aromatic nitrogens is 2. The van der Waals surface area contributed by atoms with Crippen molar-refractivity contribution >= 4 is 5.69 Å². The molecule has 0 aliphatic carbocycles. The maximum Gasteiger partial charge on any atom is 0.253 e. The third-order valence-corrected chi connectivity index (χ3v) is 2.84. The summed E-state index contributed by atoms with van der Waals surface area (Å²) in [6, 6.07) is 7.64. The smallest absolute Gasteiger partial charge is 0.253 e. The highest BCUT2D eigenvalue weighted by molar-refractivity contribution is 5.42. The van der Waals surface area contributed by atoms with E-state index in [4.69, 9.17) is 0 Å². The topological polar surface area (TPSA) is 46.9 Å². The molecule has 2 aromatic rings. The van der Waals surface area contributed by atoms with Crippen LogP contribution in [0.4, 0.5) is 10.1 Å². The highest BCUT2D eigenvalue weighted by Gasteiger charge is 2.02. The quantitative estimate of drug-likeness (QED) is 0.917. The van der Waals surface area contributed by atoms with Crippen molar-refractivity contribution < 1.29 is 4.39 Å². The van der Waals surface area contributed by atoms with Crippen molar-refractivity contribution in [3.63, 3.8) is 0 Å². The maximum absolute atomic E-state index is 12.7. The van der Waals surface area contributed by atoms with E-state index in [1.807, 2.05) is 6.92 Å². The summed E-state index contributed by atoms with van der Waals surface area (Å²) in [5.41, 5.74) is 1.50. The number of nitrogens with one attached hydrogen (secondary N) is 1. The van der Waals surface area contributed by atoms with E-state index in [0.29, 0.717) is 18.9 Å². The van der Waals surface area contributed by atoms with Crippen LogP contribution in [0.1, 0.15) is 11.5 Å². The number of benzene rings is 1. The first kappa shape index (κ1) is 13.3. The van der Waals surface area contributed by atoms with Gasteiger partial charge in [-0.15, -0.1) is 0 Å². The largest absolute Gasteiger partial charge is 0.383 e. The molecule has 0 saturated heterocycles. The highest BCUT2D eigenvalue weighted by atomic mass is 19.1. The van der Waals surface area contributed by atoms with Gasteiger partial charge in [0.25, 0.3) is 5.56 Å². The molecule has 0 radical (unpaired) electrons. The van der Waals surface area contributed by atoms with Crippen LogP contribution in [0.25, 0.3) is 0 Å². The molecule has 0 bridgehead atoms. The van der Waals surface area contributed by atoms with Crippen LogP contribution in [0.5, 0.6) is 0 Å². The van der Waals surface area contributed by atoms with Crippen molar-refractivity contribution in [2.24, 2.45) is 0 Å². The van der Waals surface area contributed by atoms with Crippen molar-refractivity contribution in [3.05, 3.63) is 58.0 Å². The summed E-state index contributed by atoms with van der Waals surface area (Å²) in [4.78, 5) is 16.1. The van der Waals surface area contributed by atoms with Gasteiger partial charge < -0.3 is 5.32 Å². The fraction of sp³-hybridized carbons (Fsp3) is 0.286. The van der Waals surface area contributed by atoms with Gasteiger partial charge in [-0.25, -0.2) is 9.37 Å². The van der Waals surface area contributed by atoms with Gasteiger partial charge in [-0.3, -0.25) is 9.36 Å².